The van der Waals surface area contributed by atoms with Gasteiger partial charge in [0.25, 0.3) is 0 Å². The Morgan fingerprint density at radius 1 is 1.86 bits per heavy atom. The van der Waals surface area contributed by atoms with Gasteiger partial charge in [0.1, 0.15) is 4.58 Å². The Bertz CT molecular complexity index is 92.2. The molecular formula is C3H6OS3. The maximum absolute atomic E-state index is 10.3. The topological polar surface area (TPSA) is 17.1 Å². The molecule has 1 rings (SSSR count). The Balaban J connectivity index is 2.09. The van der Waals surface area contributed by atoms with Gasteiger partial charge in [0.05, 0.1) is 9.83 Å². The molecule has 2 atom stereocenters. The van der Waals surface area contributed by atoms with Crippen molar-refractivity contribution < 1.29 is 4.21 Å². The van der Waals surface area contributed by atoms with Gasteiger partial charge in [-0.3, -0.25) is 0 Å². The van der Waals surface area contributed by atoms with E-state index >= 15 is 0 Å². The average Bonchev–Trinajstić information content (AvgIpc) is 2.22. The molecule has 0 bridgehead atoms. The summed E-state index contributed by atoms with van der Waals surface area (Å²) in [5, 5.41) is 0. The minimum absolute atomic E-state index is 0.428. The second-order valence-electron chi connectivity index (χ2n) is 1.30. The van der Waals surface area contributed by atoms with Crippen LogP contribution in [-0.2, 0) is 9.83 Å². The van der Waals surface area contributed by atoms with Crippen molar-refractivity contribution in [1.29, 1.82) is 0 Å². The highest BCUT2D eigenvalue weighted by Gasteiger charge is 2.33. The van der Waals surface area contributed by atoms with Gasteiger partial charge in [-0.2, -0.15) is 12.6 Å². The van der Waals surface area contributed by atoms with E-state index in [1.165, 1.54) is 10.8 Å². The van der Waals surface area contributed by atoms with E-state index in [2.05, 4.69) is 12.6 Å². The van der Waals surface area contributed by atoms with E-state index in [0.29, 0.717) is 4.58 Å². The first-order chi connectivity index (χ1) is 3.34. The highest BCUT2D eigenvalue weighted by Crippen LogP contribution is 2.41. The van der Waals surface area contributed by atoms with E-state index in [1.807, 2.05) is 0 Å². The minimum atomic E-state index is -0.531. The number of thiol groups is 1. The molecule has 0 saturated carbocycles. The normalized spacial score (nSPS) is 38.4. The molecule has 1 heterocycles. The monoisotopic (exact) mass is 154 g/mol. The minimum Gasteiger partial charge on any atom is -0.247 e. The Hall–Kier alpha value is 0.850. The van der Waals surface area contributed by atoms with Gasteiger partial charge in [0, 0.05) is 0 Å². The van der Waals surface area contributed by atoms with Crippen molar-refractivity contribution in [1.82, 2.24) is 0 Å². The van der Waals surface area contributed by atoms with Gasteiger partial charge < -0.3 is 0 Å². The van der Waals surface area contributed by atoms with Gasteiger partial charge >= 0.3 is 0 Å². The van der Waals surface area contributed by atoms with Crippen LogP contribution in [0.4, 0.5) is 0 Å². The van der Waals surface area contributed by atoms with Gasteiger partial charge in [-0.1, -0.05) is 0 Å². The molecule has 1 saturated heterocycles. The zero-order valence-corrected chi connectivity index (χ0v) is 6.19. The number of hydrogen-bond acceptors (Lipinski definition) is 3. The Morgan fingerprint density at radius 3 is 2.57 bits per heavy atom. The van der Waals surface area contributed by atoms with Crippen LogP contribution in [0.5, 0.6) is 0 Å². The van der Waals surface area contributed by atoms with Crippen LogP contribution in [0.2, 0.25) is 0 Å². The second-order valence-corrected chi connectivity index (χ2v) is 5.46. The number of rotatable bonds is 2. The lowest BCUT2D eigenvalue weighted by molar-refractivity contribution is 0.692. The third kappa shape index (κ3) is 1.66. The summed E-state index contributed by atoms with van der Waals surface area (Å²) in [4.78, 5) is 0. The molecule has 2 unspecified atom stereocenters. The lowest BCUT2D eigenvalue weighted by Gasteiger charge is -1.78. The Kier molecular flexibility index (Phi) is 2.06. The maximum Gasteiger partial charge on any atom is 0.104 e. The van der Waals surface area contributed by atoms with Crippen LogP contribution in [-0.4, -0.2) is 14.5 Å². The molecule has 0 amide bonds. The molecule has 1 nitrogen and oxygen atoms in total. The molecule has 0 spiro atoms. The van der Waals surface area contributed by atoms with Crippen LogP contribution in [0.3, 0.4) is 0 Å². The summed E-state index contributed by atoms with van der Waals surface area (Å²) in [6, 6.07) is 0. The van der Waals surface area contributed by atoms with Crippen molar-refractivity contribution in [2.75, 3.05) is 5.75 Å². The molecule has 4 heteroatoms. The SMILES string of the molecule is O=S1SC1CCS. The third-order valence-electron chi connectivity index (χ3n) is 0.744. The van der Waals surface area contributed by atoms with E-state index in [-0.39, 0.29) is 0 Å². The fraction of sp³-hybridized carbons (Fsp3) is 1.00. The second kappa shape index (κ2) is 2.42. The first-order valence-corrected chi connectivity index (χ1v) is 5.27. The van der Waals surface area contributed by atoms with Gasteiger partial charge in [-0.05, 0) is 23.0 Å². The molecule has 42 valence electrons. The summed E-state index contributed by atoms with van der Waals surface area (Å²) >= 11 is 3.99. The highest BCUT2D eigenvalue weighted by molar-refractivity contribution is 8.85. The quantitative estimate of drug-likeness (QED) is 0.364. The van der Waals surface area contributed by atoms with Crippen LogP contribution in [0.25, 0.3) is 0 Å². The van der Waals surface area contributed by atoms with Gasteiger partial charge in [0.15, 0.2) is 0 Å². The standard InChI is InChI=1S/C3H6OS3/c4-7-3(6-7)1-2-5/h3,5H,1-2H2. The van der Waals surface area contributed by atoms with Gasteiger partial charge in [-0.25, -0.2) is 4.21 Å². The van der Waals surface area contributed by atoms with E-state index in [4.69, 9.17) is 0 Å². The fourth-order valence-corrected chi connectivity index (χ4v) is 3.00. The fourth-order valence-electron chi connectivity index (χ4n) is 0.333. The van der Waals surface area contributed by atoms with Crippen molar-refractivity contribution in [2.45, 2.75) is 11.0 Å². The summed E-state index contributed by atoms with van der Waals surface area (Å²) in [6.07, 6.45) is 1.00. The summed E-state index contributed by atoms with van der Waals surface area (Å²) in [7, 11) is 1.01. The van der Waals surface area contributed by atoms with Crippen molar-refractivity contribution in [2.24, 2.45) is 0 Å². The Labute approximate surface area is 54.5 Å². The molecule has 0 aromatic heterocycles. The Morgan fingerprint density at radius 2 is 2.43 bits per heavy atom. The molecule has 1 aliphatic rings. The molecule has 0 aromatic rings. The molecule has 0 N–H and O–H groups in total. The molecule has 7 heavy (non-hydrogen) atoms. The lowest BCUT2D eigenvalue weighted by atomic mass is 10.6. The van der Waals surface area contributed by atoms with Crippen molar-refractivity contribution >= 4 is 33.3 Å². The molecular weight excluding hydrogens is 148 g/mol. The summed E-state index contributed by atoms with van der Waals surface area (Å²) in [5.41, 5.74) is 0. The van der Waals surface area contributed by atoms with Gasteiger partial charge in [0.2, 0.25) is 0 Å². The zero-order valence-electron chi connectivity index (χ0n) is 3.66. The highest BCUT2D eigenvalue weighted by atomic mass is 33.2. The lowest BCUT2D eigenvalue weighted by Crippen LogP contribution is -1.82. The van der Waals surface area contributed by atoms with E-state index in [1.54, 1.807) is 0 Å². The van der Waals surface area contributed by atoms with Crippen LogP contribution in [0.1, 0.15) is 6.42 Å². The summed E-state index contributed by atoms with van der Waals surface area (Å²) in [5.74, 6) is 0.864. The predicted octanol–water partition coefficient (Wildman–Crippen LogP) is 1.04. The largest absolute Gasteiger partial charge is 0.247 e. The smallest absolute Gasteiger partial charge is 0.104 e. The van der Waals surface area contributed by atoms with E-state index in [0.717, 1.165) is 12.2 Å². The maximum atomic E-state index is 10.3. The number of hydrogen-bond donors (Lipinski definition) is 1. The van der Waals surface area contributed by atoms with E-state index < -0.39 is 9.83 Å². The van der Waals surface area contributed by atoms with Gasteiger partial charge in [-0.15, -0.1) is 0 Å². The first kappa shape index (κ1) is 5.98. The first-order valence-electron chi connectivity index (χ1n) is 2.03. The van der Waals surface area contributed by atoms with Crippen molar-refractivity contribution in [3.63, 3.8) is 0 Å². The van der Waals surface area contributed by atoms with Crippen LogP contribution in [0, 0.1) is 0 Å². The van der Waals surface area contributed by atoms with Crippen LogP contribution >= 0.6 is 23.4 Å². The zero-order chi connectivity index (χ0) is 5.28. The molecule has 0 aliphatic carbocycles. The molecule has 0 radical (unpaired) electrons. The summed E-state index contributed by atoms with van der Waals surface area (Å²) < 4.78 is 10.7. The molecule has 1 aliphatic heterocycles. The van der Waals surface area contributed by atoms with E-state index in [9.17, 15) is 4.21 Å². The average molecular weight is 154 g/mol. The van der Waals surface area contributed by atoms with Crippen molar-refractivity contribution in [3.8, 4) is 0 Å². The molecule has 1 fully saturated rings. The summed E-state index contributed by atoms with van der Waals surface area (Å²) in [6.45, 7) is 0. The molecule has 0 aromatic carbocycles. The van der Waals surface area contributed by atoms with Crippen LogP contribution < -0.4 is 0 Å². The van der Waals surface area contributed by atoms with Crippen molar-refractivity contribution in [3.05, 3.63) is 0 Å². The van der Waals surface area contributed by atoms with Crippen LogP contribution in [0.15, 0.2) is 0 Å². The predicted molar refractivity (Wildman–Crippen MR) is 38.0 cm³/mol. The third-order valence-corrected chi connectivity index (χ3v) is 4.10.